The van der Waals surface area contributed by atoms with E-state index in [0.717, 1.165) is 5.56 Å². The minimum atomic E-state index is -0.761. The van der Waals surface area contributed by atoms with Crippen LogP contribution in [-0.4, -0.2) is 37.8 Å². The number of carbonyl (C=O) groups is 2. The van der Waals surface area contributed by atoms with Crippen LogP contribution >= 0.6 is 0 Å². The Morgan fingerprint density at radius 3 is 2.38 bits per heavy atom. The fourth-order valence-electron chi connectivity index (χ4n) is 3.73. The average Bonchev–Trinajstić information content (AvgIpc) is 3.05. The number of Topliss-reactive ketones (excluding diaryl/α,β-unsaturated/α-hetero) is 1. The molecule has 3 heterocycles. The quantitative estimate of drug-likeness (QED) is 0.363. The van der Waals surface area contributed by atoms with E-state index in [4.69, 9.17) is 4.74 Å². The van der Waals surface area contributed by atoms with Gasteiger partial charge in [0.15, 0.2) is 0 Å². The minimum Gasteiger partial charge on any atom is -0.507 e. The molecule has 1 saturated heterocycles. The number of benzene rings is 1. The summed E-state index contributed by atoms with van der Waals surface area (Å²) in [6, 6.07) is 13.1. The van der Waals surface area contributed by atoms with Crippen LogP contribution in [0.2, 0.25) is 0 Å². The third kappa shape index (κ3) is 4.23. The zero-order chi connectivity index (χ0) is 22.7. The molecule has 3 aromatic rings. The molecule has 1 N–H and O–H groups in total. The monoisotopic (exact) mass is 429 g/mol. The van der Waals surface area contributed by atoms with Gasteiger partial charge in [-0.2, -0.15) is 0 Å². The Kier molecular flexibility index (Phi) is 5.98. The first-order chi connectivity index (χ1) is 15.5. The van der Waals surface area contributed by atoms with Gasteiger partial charge in [-0.1, -0.05) is 6.07 Å². The van der Waals surface area contributed by atoms with Crippen molar-refractivity contribution < 1.29 is 19.4 Å². The highest BCUT2D eigenvalue weighted by atomic mass is 16.5. The van der Waals surface area contributed by atoms with Crippen molar-refractivity contribution in [3.8, 4) is 5.75 Å². The van der Waals surface area contributed by atoms with E-state index in [1.807, 2.05) is 13.8 Å². The average molecular weight is 429 g/mol. The number of ketones is 1. The van der Waals surface area contributed by atoms with Crippen LogP contribution in [0, 0.1) is 0 Å². The Hall–Kier alpha value is -4.00. The SMILES string of the molecule is CC(C)Oc1ccc(/C(O)=C2/C(=O)C(=O)N(Cc3ccncc3)C2c2cccnc2)cc1. The molecular formula is C25H23N3O4. The number of hydrogen-bond acceptors (Lipinski definition) is 6. The van der Waals surface area contributed by atoms with Gasteiger partial charge in [0.2, 0.25) is 0 Å². The highest BCUT2D eigenvalue weighted by Crippen LogP contribution is 2.40. The molecule has 162 valence electrons. The second kappa shape index (κ2) is 9.01. The molecule has 7 nitrogen and oxygen atoms in total. The van der Waals surface area contributed by atoms with Crippen molar-refractivity contribution in [1.29, 1.82) is 0 Å². The van der Waals surface area contributed by atoms with E-state index in [-0.39, 0.29) is 24.0 Å². The third-order valence-corrected chi connectivity index (χ3v) is 5.14. The Balaban J connectivity index is 1.78. The number of nitrogens with zero attached hydrogens (tertiary/aromatic N) is 3. The van der Waals surface area contributed by atoms with E-state index in [2.05, 4.69) is 9.97 Å². The Labute approximate surface area is 186 Å². The Bertz CT molecular complexity index is 1140. The van der Waals surface area contributed by atoms with Crippen molar-refractivity contribution in [3.05, 3.63) is 95.6 Å². The first kappa shape index (κ1) is 21.2. The number of carbonyl (C=O) groups excluding carboxylic acids is 2. The van der Waals surface area contributed by atoms with Crippen LogP contribution in [-0.2, 0) is 16.1 Å². The van der Waals surface area contributed by atoms with Crippen LogP contribution in [0.25, 0.3) is 5.76 Å². The summed E-state index contributed by atoms with van der Waals surface area (Å²) in [5.41, 5.74) is 1.93. The van der Waals surface area contributed by atoms with Crippen LogP contribution < -0.4 is 4.74 Å². The lowest BCUT2D eigenvalue weighted by molar-refractivity contribution is -0.140. The van der Waals surface area contributed by atoms with E-state index in [1.165, 1.54) is 4.90 Å². The van der Waals surface area contributed by atoms with Gasteiger partial charge in [-0.3, -0.25) is 19.6 Å². The number of likely N-dealkylation sites (tertiary alicyclic amines) is 1. The molecule has 1 aliphatic heterocycles. The first-order valence-electron chi connectivity index (χ1n) is 10.3. The molecule has 4 rings (SSSR count). The maximum Gasteiger partial charge on any atom is 0.295 e. The number of pyridine rings is 2. The zero-order valence-electron chi connectivity index (χ0n) is 17.8. The van der Waals surface area contributed by atoms with Gasteiger partial charge in [0.25, 0.3) is 11.7 Å². The van der Waals surface area contributed by atoms with Crippen molar-refractivity contribution >= 4 is 17.4 Å². The lowest BCUT2D eigenvalue weighted by atomic mass is 9.96. The number of ether oxygens (including phenoxy) is 1. The van der Waals surface area contributed by atoms with Crippen molar-refractivity contribution in [3.63, 3.8) is 0 Å². The summed E-state index contributed by atoms with van der Waals surface area (Å²) in [6.45, 7) is 4.04. The lowest BCUT2D eigenvalue weighted by Gasteiger charge is -2.25. The number of aromatic nitrogens is 2. The fourth-order valence-corrected chi connectivity index (χ4v) is 3.73. The number of rotatable bonds is 6. The second-order valence-corrected chi connectivity index (χ2v) is 7.76. The molecule has 0 bridgehead atoms. The summed E-state index contributed by atoms with van der Waals surface area (Å²) in [5, 5.41) is 11.1. The van der Waals surface area contributed by atoms with Crippen LogP contribution in [0.1, 0.15) is 36.6 Å². The van der Waals surface area contributed by atoms with Gasteiger partial charge in [-0.15, -0.1) is 0 Å². The highest BCUT2D eigenvalue weighted by molar-refractivity contribution is 6.46. The third-order valence-electron chi connectivity index (χ3n) is 5.14. The van der Waals surface area contributed by atoms with Crippen LogP contribution in [0.5, 0.6) is 5.75 Å². The molecule has 1 fully saturated rings. The molecule has 1 aromatic carbocycles. The standard InChI is InChI=1S/C25H23N3O4/c1-16(2)32-20-7-5-18(6-8-20)23(29)21-22(19-4-3-11-27-14-19)28(25(31)24(21)30)15-17-9-12-26-13-10-17/h3-14,16,22,29H,15H2,1-2H3/b23-21-. The van der Waals surface area contributed by atoms with Gasteiger partial charge in [0.05, 0.1) is 17.7 Å². The summed E-state index contributed by atoms with van der Waals surface area (Å²) >= 11 is 0. The second-order valence-electron chi connectivity index (χ2n) is 7.76. The highest BCUT2D eigenvalue weighted by Gasteiger charge is 2.46. The summed E-state index contributed by atoms with van der Waals surface area (Å²) in [6.07, 6.45) is 6.49. The normalized spacial score (nSPS) is 17.7. The van der Waals surface area contributed by atoms with E-state index < -0.39 is 17.7 Å². The van der Waals surface area contributed by atoms with Crippen molar-refractivity contribution in [1.82, 2.24) is 14.9 Å². The van der Waals surface area contributed by atoms with Crippen molar-refractivity contribution in [2.75, 3.05) is 0 Å². The molecule has 2 aromatic heterocycles. The Morgan fingerprint density at radius 1 is 1.03 bits per heavy atom. The molecule has 0 radical (unpaired) electrons. The zero-order valence-corrected chi connectivity index (χ0v) is 17.8. The van der Waals surface area contributed by atoms with Gasteiger partial charge in [-0.05, 0) is 67.4 Å². The van der Waals surface area contributed by atoms with E-state index in [0.29, 0.717) is 16.9 Å². The van der Waals surface area contributed by atoms with Crippen LogP contribution in [0.15, 0.2) is 78.9 Å². The maximum absolute atomic E-state index is 13.1. The van der Waals surface area contributed by atoms with Gasteiger partial charge in [-0.25, -0.2) is 0 Å². The predicted molar refractivity (Wildman–Crippen MR) is 119 cm³/mol. The summed E-state index contributed by atoms with van der Waals surface area (Å²) in [4.78, 5) is 35.6. The summed E-state index contributed by atoms with van der Waals surface area (Å²) < 4.78 is 5.65. The first-order valence-corrected chi connectivity index (χ1v) is 10.3. The topological polar surface area (TPSA) is 92.6 Å². The van der Waals surface area contributed by atoms with Crippen molar-refractivity contribution in [2.45, 2.75) is 32.5 Å². The predicted octanol–water partition coefficient (Wildman–Crippen LogP) is 3.89. The largest absolute Gasteiger partial charge is 0.507 e. The van der Waals surface area contributed by atoms with E-state index >= 15 is 0 Å². The summed E-state index contributed by atoms with van der Waals surface area (Å²) in [5.74, 6) is -0.978. The minimum absolute atomic E-state index is 0.0125. The molecular weight excluding hydrogens is 406 g/mol. The van der Waals surface area contributed by atoms with Gasteiger partial charge in [0.1, 0.15) is 11.5 Å². The van der Waals surface area contributed by atoms with Gasteiger partial charge >= 0.3 is 0 Å². The number of hydrogen-bond donors (Lipinski definition) is 1. The smallest absolute Gasteiger partial charge is 0.295 e. The fraction of sp³-hybridized carbons (Fsp3) is 0.200. The molecule has 0 saturated carbocycles. The molecule has 1 amide bonds. The van der Waals surface area contributed by atoms with E-state index in [1.54, 1.807) is 73.3 Å². The molecule has 1 atom stereocenters. The maximum atomic E-state index is 13.1. The van der Waals surface area contributed by atoms with Gasteiger partial charge < -0.3 is 14.7 Å². The van der Waals surface area contributed by atoms with Crippen LogP contribution in [0.3, 0.4) is 0 Å². The van der Waals surface area contributed by atoms with Crippen molar-refractivity contribution in [2.24, 2.45) is 0 Å². The Morgan fingerprint density at radius 2 is 1.75 bits per heavy atom. The lowest BCUT2D eigenvalue weighted by Crippen LogP contribution is -2.29. The van der Waals surface area contributed by atoms with Crippen LogP contribution in [0.4, 0.5) is 0 Å². The molecule has 0 aliphatic carbocycles. The molecule has 0 spiro atoms. The number of amides is 1. The molecule has 1 aliphatic rings. The van der Waals surface area contributed by atoms with Gasteiger partial charge in [0, 0.05) is 36.9 Å². The van der Waals surface area contributed by atoms with E-state index in [9.17, 15) is 14.7 Å². The molecule has 7 heteroatoms. The number of aliphatic hydroxyl groups excluding tert-OH is 1. The summed E-state index contributed by atoms with van der Waals surface area (Å²) in [7, 11) is 0. The molecule has 1 unspecified atom stereocenters. The molecule has 32 heavy (non-hydrogen) atoms. The number of aliphatic hydroxyl groups is 1.